The van der Waals surface area contributed by atoms with Gasteiger partial charge in [-0.1, -0.05) is 30.3 Å². The number of fused-ring (bicyclic) bond motifs is 2. The van der Waals surface area contributed by atoms with Crippen LogP contribution in [0.4, 0.5) is 0 Å². The number of rotatable bonds is 2. The number of carbonyl (C=O) groups is 3. The second kappa shape index (κ2) is 5.71. The van der Waals surface area contributed by atoms with Crippen molar-refractivity contribution in [3.05, 3.63) is 70.3 Å². The predicted molar refractivity (Wildman–Crippen MR) is 89.0 cm³/mol. The van der Waals surface area contributed by atoms with E-state index in [9.17, 15) is 14.4 Å². The van der Waals surface area contributed by atoms with Gasteiger partial charge in [-0.25, -0.2) is 0 Å². The third-order valence-corrected chi connectivity index (χ3v) is 3.97. The van der Waals surface area contributed by atoms with Crippen molar-refractivity contribution in [2.75, 3.05) is 0 Å². The fraction of sp³-hybridized carbons (Fsp3) is 0.250. The average Bonchev–Trinajstić information content (AvgIpc) is 2.56. The largest absolute Gasteiger partial charge is 0.460 e. The van der Waals surface area contributed by atoms with Crippen LogP contribution in [-0.2, 0) is 16.1 Å². The van der Waals surface area contributed by atoms with E-state index in [0.29, 0.717) is 27.8 Å². The molecule has 3 rings (SSSR count). The standard InChI is InChI=1S/C20H18O4/c1-20(2,3)19(23)24-11-12-8-9-15-16(10-12)18(22)14-7-5-4-6-13(14)17(15)21/h4-10H,11H2,1-3H3. The van der Waals surface area contributed by atoms with Crippen molar-refractivity contribution in [1.82, 2.24) is 0 Å². The molecule has 0 spiro atoms. The molecular weight excluding hydrogens is 304 g/mol. The number of carbonyl (C=O) groups excluding carboxylic acids is 3. The van der Waals surface area contributed by atoms with Gasteiger partial charge in [0.2, 0.25) is 0 Å². The van der Waals surface area contributed by atoms with E-state index in [1.807, 2.05) is 0 Å². The summed E-state index contributed by atoms with van der Waals surface area (Å²) in [7, 11) is 0. The Bertz CT molecular complexity index is 856. The SMILES string of the molecule is CC(C)(C)C(=O)OCc1ccc2c(c1)C(=O)c1ccccc1C2=O. The van der Waals surface area contributed by atoms with Crippen molar-refractivity contribution in [2.24, 2.45) is 5.41 Å². The monoisotopic (exact) mass is 322 g/mol. The van der Waals surface area contributed by atoms with Crippen molar-refractivity contribution in [3.8, 4) is 0 Å². The molecule has 1 aliphatic rings. The van der Waals surface area contributed by atoms with Crippen molar-refractivity contribution in [3.63, 3.8) is 0 Å². The molecule has 122 valence electrons. The Balaban J connectivity index is 1.90. The number of benzene rings is 2. The summed E-state index contributed by atoms with van der Waals surface area (Å²) in [6.07, 6.45) is 0. The highest BCUT2D eigenvalue weighted by molar-refractivity contribution is 6.28. The maximum atomic E-state index is 12.6. The highest BCUT2D eigenvalue weighted by Crippen LogP contribution is 2.28. The zero-order valence-electron chi connectivity index (χ0n) is 13.9. The summed E-state index contributed by atoms with van der Waals surface area (Å²) >= 11 is 0. The van der Waals surface area contributed by atoms with Crippen LogP contribution < -0.4 is 0 Å². The van der Waals surface area contributed by atoms with Gasteiger partial charge in [-0.3, -0.25) is 14.4 Å². The number of esters is 1. The minimum absolute atomic E-state index is 0.0759. The van der Waals surface area contributed by atoms with Crippen LogP contribution >= 0.6 is 0 Å². The zero-order valence-corrected chi connectivity index (χ0v) is 13.9. The van der Waals surface area contributed by atoms with E-state index in [0.717, 1.165) is 0 Å². The van der Waals surface area contributed by atoms with Gasteiger partial charge < -0.3 is 4.74 Å². The van der Waals surface area contributed by atoms with Gasteiger partial charge >= 0.3 is 5.97 Å². The summed E-state index contributed by atoms with van der Waals surface area (Å²) in [5, 5.41) is 0. The summed E-state index contributed by atoms with van der Waals surface area (Å²) < 4.78 is 5.28. The van der Waals surface area contributed by atoms with Crippen LogP contribution in [0, 0.1) is 5.41 Å². The predicted octanol–water partition coefficient (Wildman–Crippen LogP) is 3.55. The molecule has 0 aromatic heterocycles. The Morgan fingerprint density at radius 3 is 2.00 bits per heavy atom. The average molecular weight is 322 g/mol. The first-order valence-electron chi connectivity index (χ1n) is 7.77. The molecule has 24 heavy (non-hydrogen) atoms. The summed E-state index contributed by atoms with van der Waals surface area (Å²) in [5.74, 6) is -0.643. The van der Waals surface area contributed by atoms with Crippen LogP contribution in [0.5, 0.6) is 0 Å². The molecule has 4 heteroatoms. The van der Waals surface area contributed by atoms with Crippen molar-refractivity contribution >= 4 is 17.5 Å². The maximum Gasteiger partial charge on any atom is 0.311 e. The number of hydrogen-bond acceptors (Lipinski definition) is 4. The highest BCUT2D eigenvalue weighted by Gasteiger charge is 2.29. The summed E-state index contributed by atoms with van der Waals surface area (Å²) in [6, 6.07) is 11.8. The molecule has 0 unspecified atom stereocenters. The third-order valence-electron chi connectivity index (χ3n) is 3.97. The van der Waals surface area contributed by atoms with Gasteiger partial charge in [0.05, 0.1) is 5.41 Å². The van der Waals surface area contributed by atoms with Crippen LogP contribution in [0.2, 0.25) is 0 Å². The fourth-order valence-corrected chi connectivity index (χ4v) is 2.60. The Kier molecular flexibility index (Phi) is 3.84. The van der Waals surface area contributed by atoms with Crippen LogP contribution in [-0.4, -0.2) is 17.5 Å². The van der Waals surface area contributed by atoms with E-state index in [4.69, 9.17) is 4.74 Å². The van der Waals surface area contributed by atoms with E-state index < -0.39 is 5.41 Å². The molecule has 1 aliphatic carbocycles. The van der Waals surface area contributed by atoms with Crippen LogP contribution in [0.25, 0.3) is 0 Å². The lowest BCUT2D eigenvalue weighted by Gasteiger charge is -2.19. The van der Waals surface area contributed by atoms with Gasteiger partial charge in [0.1, 0.15) is 6.61 Å². The van der Waals surface area contributed by atoms with Gasteiger partial charge in [0, 0.05) is 22.3 Å². The fourth-order valence-electron chi connectivity index (χ4n) is 2.60. The number of ketones is 2. The second-order valence-electron chi connectivity index (χ2n) is 6.91. The van der Waals surface area contributed by atoms with Crippen LogP contribution in [0.1, 0.15) is 58.2 Å². The van der Waals surface area contributed by atoms with Gasteiger partial charge in [-0.2, -0.15) is 0 Å². The molecule has 0 heterocycles. The molecule has 4 nitrogen and oxygen atoms in total. The lowest BCUT2D eigenvalue weighted by atomic mass is 9.83. The van der Waals surface area contributed by atoms with E-state index in [1.54, 1.807) is 63.2 Å². The lowest BCUT2D eigenvalue weighted by molar-refractivity contribution is -0.154. The van der Waals surface area contributed by atoms with Gasteiger partial charge in [0.15, 0.2) is 11.6 Å². The summed E-state index contributed by atoms with van der Waals surface area (Å²) in [4.78, 5) is 37.0. The first kappa shape index (κ1) is 16.1. The van der Waals surface area contributed by atoms with Crippen molar-refractivity contribution < 1.29 is 19.1 Å². The molecule has 0 atom stereocenters. The molecule has 0 radical (unpaired) electrons. The van der Waals surface area contributed by atoms with Crippen molar-refractivity contribution in [2.45, 2.75) is 27.4 Å². The maximum absolute atomic E-state index is 12.6. The number of hydrogen-bond donors (Lipinski definition) is 0. The third kappa shape index (κ3) is 2.75. The van der Waals surface area contributed by atoms with Gasteiger partial charge in [-0.15, -0.1) is 0 Å². The van der Waals surface area contributed by atoms with E-state index in [2.05, 4.69) is 0 Å². The smallest absolute Gasteiger partial charge is 0.311 e. The highest BCUT2D eigenvalue weighted by atomic mass is 16.5. The molecule has 0 bridgehead atoms. The minimum atomic E-state index is -0.584. The van der Waals surface area contributed by atoms with Crippen molar-refractivity contribution in [1.29, 1.82) is 0 Å². The molecule has 2 aromatic carbocycles. The molecule has 0 saturated carbocycles. The normalized spacial score (nSPS) is 13.3. The van der Waals surface area contributed by atoms with Crippen LogP contribution in [0.3, 0.4) is 0 Å². The molecule has 0 aliphatic heterocycles. The molecule has 0 N–H and O–H groups in total. The Morgan fingerprint density at radius 2 is 1.42 bits per heavy atom. The van der Waals surface area contributed by atoms with E-state index >= 15 is 0 Å². The zero-order chi connectivity index (χ0) is 17.5. The van der Waals surface area contributed by atoms with E-state index in [1.165, 1.54) is 0 Å². The van der Waals surface area contributed by atoms with Crippen LogP contribution in [0.15, 0.2) is 42.5 Å². The first-order chi connectivity index (χ1) is 11.3. The minimum Gasteiger partial charge on any atom is -0.460 e. The Labute approximate surface area is 140 Å². The second-order valence-corrected chi connectivity index (χ2v) is 6.91. The molecule has 0 fully saturated rings. The molecule has 0 amide bonds. The van der Waals surface area contributed by atoms with Gasteiger partial charge in [-0.05, 0) is 38.5 Å². The molecular formula is C20H18O4. The quantitative estimate of drug-likeness (QED) is 0.677. The summed E-state index contributed by atoms with van der Waals surface area (Å²) in [6.45, 7) is 5.41. The Hall–Kier alpha value is -2.75. The number of ether oxygens (including phenoxy) is 1. The Morgan fingerprint density at radius 1 is 0.875 bits per heavy atom. The van der Waals surface area contributed by atoms with E-state index in [-0.39, 0.29) is 24.1 Å². The lowest BCUT2D eigenvalue weighted by Crippen LogP contribution is -2.23. The van der Waals surface area contributed by atoms with Gasteiger partial charge in [0.25, 0.3) is 0 Å². The molecule has 0 saturated heterocycles. The first-order valence-corrected chi connectivity index (χ1v) is 7.77. The molecule has 2 aromatic rings. The topological polar surface area (TPSA) is 60.4 Å². The summed E-state index contributed by atoms with van der Waals surface area (Å²) in [5.41, 5.74) is 1.71.